The maximum Gasteiger partial charge on any atom is 0.273 e. The first kappa shape index (κ1) is 17.6. The third kappa shape index (κ3) is 3.36. The summed E-state index contributed by atoms with van der Waals surface area (Å²) < 4.78 is 0. The molecular weight excluding hydrogens is 370 g/mol. The Labute approximate surface area is 168 Å². The highest BCUT2D eigenvalue weighted by Crippen LogP contribution is 2.33. The van der Waals surface area contributed by atoms with Gasteiger partial charge in [0.05, 0.1) is 11.2 Å². The zero-order valence-electron chi connectivity index (χ0n) is 15.7. The van der Waals surface area contributed by atoms with Crippen molar-refractivity contribution in [2.75, 3.05) is 19.6 Å². The Kier molecular flexibility index (Phi) is 4.70. The van der Waals surface area contributed by atoms with Crippen LogP contribution in [0.4, 0.5) is 0 Å². The second kappa shape index (κ2) is 7.48. The Morgan fingerprint density at radius 2 is 2.14 bits per heavy atom. The van der Waals surface area contributed by atoms with Crippen molar-refractivity contribution in [2.45, 2.75) is 31.8 Å². The summed E-state index contributed by atoms with van der Waals surface area (Å²) in [5, 5.41) is 9.77. The first-order valence-corrected chi connectivity index (χ1v) is 10.7. The number of aromatic amines is 1. The number of H-pyrrole nitrogens is 1. The lowest BCUT2D eigenvalue weighted by Gasteiger charge is -2.27. The number of benzene rings is 1. The molecule has 1 saturated heterocycles. The van der Waals surface area contributed by atoms with Crippen molar-refractivity contribution < 1.29 is 4.79 Å². The SMILES string of the molecule is O=C(c1cscn1)N1CCC(c2n[nH]c3c2CN(Cc2ccccc2)CC3)C1. The summed E-state index contributed by atoms with van der Waals surface area (Å²) in [5.74, 6) is 0.345. The standard InChI is InChI=1S/C21H23N5OS/c27-21(19-13-28-14-22-19)26-9-6-16(11-26)20-17-12-25(8-7-18(17)23-24-20)10-15-4-2-1-3-5-15/h1-5,13-14,16H,6-12H2,(H,23,24). The average molecular weight is 394 g/mol. The van der Waals surface area contributed by atoms with Gasteiger partial charge in [-0.3, -0.25) is 14.8 Å². The van der Waals surface area contributed by atoms with E-state index < -0.39 is 0 Å². The van der Waals surface area contributed by atoms with Gasteiger partial charge in [0.15, 0.2) is 0 Å². The van der Waals surface area contributed by atoms with E-state index in [-0.39, 0.29) is 5.91 Å². The zero-order valence-corrected chi connectivity index (χ0v) is 16.5. The van der Waals surface area contributed by atoms with Gasteiger partial charge in [-0.25, -0.2) is 4.98 Å². The van der Waals surface area contributed by atoms with Gasteiger partial charge >= 0.3 is 0 Å². The summed E-state index contributed by atoms with van der Waals surface area (Å²) in [6.07, 6.45) is 1.97. The topological polar surface area (TPSA) is 65.1 Å². The van der Waals surface area contributed by atoms with Crippen LogP contribution in [0.1, 0.15) is 45.3 Å². The number of likely N-dealkylation sites (tertiary alicyclic amines) is 1. The highest BCUT2D eigenvalue weighted by Gasteiger charge is 2.33. The molecule has 2 aromatic heterocycles. The molecule has 1 amide bonds. The summed E-state index contributed by atoms with van der Waals surface area (Å²) in [6.45, 7) is 4.43. The summed E-state index contributed by atoms with van der Waals surface area (Å²) in [4.78, 5) is 21.2. The fraction of sp³-hybridized carbons (Fsp3) is 0.381. The predicted octanol–water partition coefficient (Wildman–Crippen LogP) is 3.05. The summed E-state index contributed by atoms with van der Waals surface area (Å²) in [7, 11) is 0. The number of hydrogen-bond acceptors (Lipinski definition) is 5. The molecule has 0 saturated carbocycles. The highest BCUT2D eigenvalue weighted by atomic mass is 32.1. The molecule has 28 heavy (non-hydrogen) atoms. The van der Waals surface area contributed by atoms with E-state index in [1.165, 1.54) is 28.2 Å². The molecule has 3 aromatic rings. The number of carbonyl (C=O) groups is 1. The average Bonchev–Trinajstić information content (AvgIpc) is 3.48. The minimum absolute atomic E-state index is 0.0406. The van der Waals surface area contributed by atoms with Crippen LogP contribution in [0.25, 0.3) is 0 Å². The molecule has 4 heterocycles. The second-order valence-electron chi connectivity index (χ2n) is 7.62. The van der Waals surface area contributed by atoms with Crippen molar-refractivity contribution >= 4 is 17.2 Å². The van der Waals surface area contributed by atoms with Crippen molar-refractivity contribution in [3.63, 3.8) is 0 Å². The van der Waals surface area contributed by atoms with Gasteiger partial charge in [0.25, 0.3) is 5.91 Å². The molecule has 144 valence electrons. The predicted molar refractivity (Wildman–Crippen MR) is 108 cm³/mol. The van der Waals surface area contributed by atoms with Crippen molar-refractivity contribution in [2.24, 2.45) is 0 Å². The molecule has 1 atom stereocenters. The maximum absolute atomic E-state index is 12.6. The molecule has 0 aliphatic carbocycles. The number of nitrogens with one attached hydrogen (secondary N) is 1. The molecule has 1 fully saturated rings. The highest BCUT2D eigenvalue weighted by molar-refractivity contribution is 7.07. The third-order valence-corrected chi connectivity index (χ3v) is 6.39. The number of carbonyl (C=O) groups excluding carboxylic acids is 1. The van der Waals surface area contributed by atoms with Gasteiger partial charge in [0.1, 0.15) is 5.69 Å². The minimum Gasteiger partial charge on any atom is -0.337 e. The molecule has 6 nitrogen and oxygen atoms in total. The first-order valence-electron chi connectivity index (χ1n) is 9.77. The minimum atomic E-state index is 0.0406. The van der Waals surface area contributed by atoms with Crippen LogP contribution in [0, 0.1) is 0 Å². The van der Waals surface area contributed by atoms with Gasteiger partial charge in [-0.15, -0.1) is 11.3 Å². The monoisotopic (exact) mass is 393 g/mol. The molecule has 0 bridgehead atoms. The van der Waals surface area contributed by atoms with Crippen LogP contribution < -0.4 is 0 Å². The molecular formula is C21H23N5OS. The summed E-state index contributed by atoms with van der Waals surface area (Å²) in [5.41, 5.74) is 7.38. The van der Waals surface area contributed by atoms with Crippen LogP contribution in [-0.2, 0) is 19.5 Å². The van der Waals surface area contributed by atoms with Gasteiger partial charge in [-0.05, 0) is 12.0 Å². The molecule has 1 N–H and O–H groups in total. The molecule has 7 heteroatoms. The first-order chi connectivity index (χ1) is 13.8. The van der Waals surface area contributed by atoms with Crippen LogP contribution in [0.15, 0.2) is 41.2 Å². The fourth-order valence-corrected chi connectivity index (χ4v) is 4.86. The van der Waals surface area contributed by atoms with Crippen molar-refractivity contribution in [3.8, 4) is 0 Å². The maximum atomic E-state index is 12.6. The lowest BCUT2D eigenvalue weighted by molar-refractivity contribution is 0.0785. The molecule has 5 rings (SSSR count). The van der Waals surface area contributed by atoms with E-state index in [0.717, 1.165) is 51.3 Å². The smallest absolute Gasteiger partial charge is 0.273 e. The number of thiazole rings is 1. The quantitative estimate of drug-likeness (QED) is 0.740. The van der Waals surface area contributed by atoms with Gasteiger partial charge in [0.2, 0.25) is 0 Å². The van der Waals surface area contributed by atoms with Gasteiger partial charge in [-0.2, -0.15) is 5.10 Å². The van der Waals surface area contributed by atoms with Crippen LogP contribution in [-0.4, -0.2) is 50.5 Å². The number of nitrogens with zero attached hydrogens (tertiary/aromatic N) is 4. The van der Waals surface area contributed by atoms with Crippen molar-refractivity contribution in [3.05, 3.63) is 69.4 Å². The van der Waals surface area contributed by atoms with E-state index in [0.29, 0.717) is 11.6 Å². The molecule has 2 aliphatic rings. The van der Waals surface area contributed by atoms with Gasteiger partial charge in [0, 0.05) is 61.7 Å². The Bertz CT molecular complexity index is 953. The number of aromatic nitrogens is 3. The van der Waals surface area contributed by atoms with E-state index in [1.54, 1.807) is 5.51 Å². The number of amides is 1. The van der Waals surface area contributed by atoms with E-state index in [4.69, 9.17) is 0 Å². The normalized spacial score (nSPS) is 19.7. The molecule has 2 aliphatic heterocycles. The van der Waals surface area contributed by atoms with Crippen molar-refractivity contribution in [1.82, 2.24) is 25.0 Å². The van der Waals surface area contributed by atoms with Crippen LogP contribution in [0.2, 0.25) is 0 Å². The van der Waals surface area contributed by atoms with Crippen LogP contribution in [0.3, 0.4) is 0 Å². The number of hydrogen-bond donors (Lipinski definition) is 1. The Hall–Kier alpha value is -2.51. The second-order valence-corrected chi connectivity index (χ2v) is 8.34. The molecule has 1 unspecified atom stereocenters. The van der Waals surface area contributed by atoms with Gasteiger partial charge < -0.3 is 4.90 Å². The number of fused-ring (bicyclic) bond motifs is 1. The lowest BCUT2D eigenvalue weighted by atomic mass is 9.96. The van der Waals surface area contributed by atoms with Gasteiger partial charge in [-0.1, -0.05) is 30.3 Å². The number of rotatable bonds is 4. The summed E-state index contributed by atoms with van der Waals surface area (Å²) >= 11 is 1.46. The van der Waals surface area contributed by atoms with E-state index >= 15 is 0 Å². The largest absolute Gasteiger partial charge is 0.337 e. The Balaban J connectivity index is 1.29. The van der Waals surface area contributed by atoms with Crippen LogP contribution in [0.5, 0.6) is 0 Å². The summed E-state index contributed by atoms with van der Waals surface area (Å²) in [6, 6.07) is 10.6. The van der Waals surface area contributed by atoms with E-state index in [2.05, 4.69) is 50.4 Å². The third-order valence-electron chi connectivity index (χ3n) is 5.81. The Morgan fingerprint density at radius 3 is 2.96 bits per heavy atom. The molecule has 1 aromatic carbocycles. The molecule has 0 radical (unpaired) electrons. The van der Waals surface area contributed by atoms with E-state index in [9.17, 15) is 4.79 Å². The molecule has 0 spiro atoms. The van der Waals surface area contributed by atoms with Crippen molar-refractivity contribution in [1.29, 1.82) is 0 Å². The fourth-order valence-electron chi connectivity index (χ4n) is 4.34. The van der Waals surface area contributed by atoms with Crippen LogP contribution >= 0.6 is 11.3 Å². The Morgan fingerprint density at radius 1 is 1.25 bits per heavy atom. The van der Waals surface area contributed by atoms with E-state index in [1.807, 2.05) is 10.3 Å². The zero-order chi connectivity index (χ0) is 18.9. The lowest BCUT2D eigenvalue weighted by Crippen LogP contribution is -2.31.